The van der Waals surface area contributed by atoms with Crippen molar-refractivity contribution in [3.63, 3.8) is 0 Å². The number of likely N-dealkylation sites (tertiary alicyclic amines) is 1. The lowest BCUT2D eigenvalue weighted by atomic mass is 10.1. The van der Waals surface area contributed by atoms with Gasteiger partial charge in [0, 0.05) is 25.5 Å². The molecule has 1 aromatic heterocycles. The third-order valence-electron chi connectivity index (χ3n) is 2.82. The largest absolute Gasteiger partial charge is 0.354 e. The Kier molecular flexibility index (Phi) is 3.16. The molecule has 0 aliphatic carbocycles. The molecule has 0 radical (unpaired) electrons. The van der Waals surface area contributed by atoms with Crippen LogP contribution in [-0.2, 0) is 0 Å². The Morgan fingerprint density at radius 2 is 2.20 bits per heavy atom. The average Bonchev–Trinajstić information content (AvgIpc) is 2.64. The standard InChI is InChI=1S/C11H18N4/c1-9-5-12-11(13-6-9)14-7-10-3-4-15(2)8-10/h5-6,10H,3-4,7-8H2,1-2H3,(H,12,13,14). The Morgan fingerprint density at radius 1 is 1.47 bits per heavy atom. The van der Waals surface area contributed by atoms with Crippen molar-refractivity contribution in [1.29, 1.82) is 0 Å². The summed E-state index contributed by atoms with van der Waals surface area (Å²) in [6.45, 7) is 5.36. The van der Waals surface area contributed by atoms with Gasteiger partial charge >= 0.3 is 0 Å². The molecule has 1 aliphatic rings. The zero-order chi connectivity index (χ0) is 10.7. The van der Waals surface area contributed by atoms with Gasteiger partial charge in [0.15, 0.2) is 0 Å². The van der Waals surface area contributed by atoms with Gasteiger partial charge in [-0.25, -0.2) is 9.97 Å². The fourth-order valence-corrected chi connectivity index (χ4v) is 1.91. The monoisotopic (exact) mass is 206 g/mol. The van der Waals surface area contributed by atoms with Gasteiger partial charge in [-0.2, -0.15) is 0 Å². The molecular formula is C11H18N4. The highest BCUT2D eigenvalue weighted by molar-refractivity contribution is 5.24. The van der Waals surface area contributed by atoms with Crippen LogP contribution in [0.1, 0.15) is 12.0 Å². The molecule has 1 atom stereocenters. The molecule has 1 aliphatic heterocycles. The van der Waals surface area contributed by atoms with Gasteiger partial charge in [-0.15, -0.1) is 0 Å². The lowest BCUT2D eigenvalue weighted by Crippen LogP contribution is -2.19. The highest BCUT2D eigenvalue weighted by Gasteiger charge is 2.18. The fourth-order valence-electron chi connectivity index (χ4n) is 1.91. The minimum absolute atomic E-state index is 0.736. The van der Waals surface area contributed by atoms with Crippen LogP contribution >= 0.6 is 0 Å². The zero-order valence-corrected chi connectivity index (χ0v) is 9.40. The number of nitrogens with zero attached hydrogens (tertiary/aromatic N) is 3. The van der Waals surface area contributed by atoms with Gasteiger partial charge in [0.1, 0.15) is 0 Å². The number of aryl methyl sites for hydroxylation is 1. The van der Waals surface area contributed by atoms with E-state index < -0.39 is 0 Å². The summed E-state index contributed by atoms with van der Waals surface area (Å²) >= 11 is 0. The molecule has 82 valence electrons. The Morgan fingerprint density at radius 3 is 2.80 bits per heavy atom. The molecule has 0 spiro atoms. The SMILES string of the molecule is Cc1cnc(NCC2CCN(C)C2)nc1. The van der Waals surface area contributed by atoms with E-state index in [0.29, 0.717) is 0 Å². The van der Waals surface area contributed by atoms with Crippen LogP contribution in [-0.4, -0.2) is 41.5 Å². The zero-order valence-electron chi connectivity index (χ0n) is 9.40. The predicted molar refractivity (Wildman–Crippen MR) is 60.9 cm³/mol. The summed E-state index contributed by atoms with van der Waals surface area (Å²) in [6, 6.07) is 0. The van der Waals surface area contributed by atoms with Crippen LogP contribution in [0.5, 0.6) is 0 Å². The Labute approximate surface area is 90.7 Å². The Balaban J connectivity index is 1.80. The number of hydrogen-bond acceptors (Lipinski definition) is 4. The molecule has 0 bridgehead atoms. The second-order valence-electron chi connectivity index (χ2n) is 4.38. The maximum atomic E-state index is 4.22. The van der Waals surface area contributed by atoms with Crippen LogP contribution in [0.15, 0.2) is 12.4 Å². The van der Waals surface area contributed by atoms with Gasteiger partial charge in [-0.05, 0) is 38.4 Å². The predicted octanol–water partition coefficient (Wildman–Crippen LogP) is 1.15. The maximum absolute atomic E-state index is 4.22. The maximum Gasteiger partial charge on any atom is 0.222 e. The molecule has 2 rings (SSSR count). The van der Waals surface area contributed by atoms with Crippen LogP contribution < -0.4 is 5.32 Å². The summed E-state index contributed by atoms with van der Waals surface area (Å²) in [6.07, 6.45) is 4.96. The van der Waals surface area contributed by atoms with Crippen molar-refractivity contribution in [2.45, 2.75) is 13.3 Å². The highest BCUT2D eigenvalue weighted by Crippen LogP contribution is 2.14. The first kappa shape index (κ1) is 10.4. The number of aromatic nitrogens is 2. The molecular weight excluding hydrogens is 188 g/mol. The summed E-state index contributed by atoms with van der Waals surface area (Å²) < 4.78 is 0. The minimum Gasteiger partial charge on any atom is -0.354 e. The molecule has 4 nitrogen and oxygen atoms in total. The molecule has 1 fully saturated rings. The molecule has 0 saturated carbocycles. The molecule has 1 N–H and O–H groups in total. The molecule has 15 heavy (non-hydrogen) atoms. The average molecular weight is 206 g/mol. The van der Waals surface area contributed by atoms with Crippen molar-refractivity contribution in [2.24, 2.45) is 5.92 Å². The van der Waals surface area contributed by atoms with E-state index in [4.69, 9.17) is 0 Å². The lowest BCUT2D eigenvalue weighted by molar-refractivity contribution is 0.399. The number of anilines is 1. The smallest absolute Gasteiger partial charge is 0.222 e. The molecule has 1 aromatic rings. The second-order valence-corrected chi connectivity index (χ2v) is 4.38. The van der Waals surface area contributed by atoms with E-state index in [-0.39, 0.29) is 0 Å². The van der Waals surface area contributed by atoms with Crippen LogP contribution in [0.3, 0.4) is 0 Å². The molecule has 4 heteroatoms. The van der Waals surface area contributed by atoms with Crippen molar-refractivity contribution in [3.8, 4) is 0 Å². The van der Waals surface area contributed by atoms with E-state index in [1.54, 1.807) is 0 Å². The van der Waals surface area contributed by atoms with Crippen LogP contribution in [0.4, 0.5) is 5.95 Å². The Bertz CT molecular complexity index is 309. The van der Waals surface area contributed by atoms with Gasteiger partial charge in [-0.1, -0.05) is 0 Å². The van der Waals surface area contributed by atoms with Crippen molar-refractivity contribution in [1.82, 2.24) is 14.9 Å². The van der Waals surface area contributed by atoms with Crippen molar-refractivity contribution < 1.29 is 0 Å². The molecule has 2 heterocycles. The summed E-state index contributed by atoms with van der Waals surface area (Å²) in [5, 5.41) is 3.29. The quantitative estimate of drug-likeness (QED) is 0.805. The van der Waals surface area contributed by atoms with Gasteiger partial charge in [0.05, 0.1) is 0 Å². The fraction of sp³-hybridized carbons (Fsp3) is 0.636. The minimum atomic E-state index is 0.736. The second kappa shape index (κ2) is 4.57. The van der Waals surface area contributed by atoms with E-state index in [1.807, 2.05) is 19.3 Å². The van der Waals surface area contributed by atoms with E-state index in [2.05, 4.69) is 27.2 Å². The van der Waals surface area contributed by atoms with E-state index in [0.717, 1.165) is 24.0 Å². The van der Waals surface area contributed by atoms with E-state index in [1.165, 1.54) is 19.5 Å². The first-order valence-electron chi connectivity index (χ1n) is 5.45. The molecule has 0 amide bonds. The first-order chi connectivity index (χ1) is 7.24. The number of hydrogen-bond donors (Lipinski definition) is 1. The number of rotatable bonds is 3. The topological polar surface area (TPSA) is 41.1 Å². The number of nitrogens with one attached hydrogen (secondary N) is 1. The van der Waals surface area contributed by atoms with Gasteiger partial charge in [0.25, 0.3) is 0 Å². The molecule has 1 unspecified atom stereocenters. The van der Waals surface area contributed by atoms with Gasteiger partial charge in [-0.3, -0.25) is 0 Å². The normalized spacial score (nSPS) is 21.9. The van der Waals surface area contributed by atoms with Crippen LogP contribution in [0, 0.1) is 12.8 Å². The summed E-state index contributed by atoms with van der Waals surface area (Å²) in [5.41, 5.74) is 1.10. The third-order valence-corrected chi connectivity index (χ3v) is 2.82. The van der Waals surface area contributed by atoms with Crippen molar-refractivity contribution in [2.75, 3.05) is 32.0 Å². The van der Waals surface area contributed by atoms with Crippen LogP contribution in [0.2, 0.25) is 0 Å². The van der Waals surface area contributed by atoms with Crippen molar-refractivity contribution >= 4 is 5.95 Å². The van der Waals surface area contributed by atoms with Crippen molar-refractivity contribution in [3.05, 3.63) is 18.0 Å². The summed E-state index contributed by atoms with van der Waals surface area (Å²) in [4.78, 5) is 10.8. The van der Waals surface area contributed by atoms with E-state index >= 15 is 0 Å². The van der Waals surface area contributed by atoms with E-state index in [9.17, 15) is 0 Å². The highest BCUT2D eigenvalue weighted by atomic mass is 15.1. The first-order valence-corrected chi connectivity index (χ1v) is 5.45. The summed E-state index contributed by atoms with van der Waals surface area (Å²) in [7, 11) is 2.17. The Hall–Kier alpha value is -1.16. The third kappa shape index (κ3) is 2.89. The molecule has 0 aromatic carbocycles. The lowest BCUT2D eigenvalue weighted by Gasteiger charge is -2.11. The van der Waals surface area contributed by atoms with Gasteiger partial charge < -0.3 is 10.2 Å². The van der Waals surface area contributed by atoms with Crippen LogP contribution in [0.25, 0.3) is 0 Å². The summed E-state index contributed by atoms with van der Waals surface area (Å²) in [5.74, 6) is 1.48. The molecule has 1 saturated heterocycles. The van der Waals surface area contributed by atoms with Gasteiger partial charge in [0.2, 0.25) is 5.95 Å².